The van der Waals surface area contributed by atoms with Crippen LogP contribution in [0.4, 0.5) is 0 Å². The molecule has 0 aromatic heterocycles. The van der Waals surface area contributed by atoms with Crippen LogP contribution in [-0.4, -0.2) is 30.8 Å². The zero-order valence-corrected chi connectivity index (χ0v) is 9.39. The summed E-state index contributed by atoms with van der Waals surface area (Å²) in [6.45, 7) is 1.84. The summed E-state index contributed by atoms with van der Waals surface area (Å²) < 4.78 is 5.38. The average Bonchev–Trinajstić information content (AvgIpc) is 2.74. The lowest BCUT2D eigenvalue weighted by molar-refractivity contribution is 0.0463. The molecule has 0 amide bonds. The predicted octanol–water partition coefficient (Wildman–Crippen LogP) is 0.998. The van der Waals surface area contributed by atoms with Crippen molar-refractivity contribution in [3.63, 3.8) is 0 Å². The monoisotopic (exact) mass is 216 g/mol. The van der Waals surface area contributed by atoms with E-state index in [-0.39, 0.29) is 0 Å². The summed E-state index contributed by atoms with van der Waals surface area (Å²) >= 11 is 2.06. The number of hydrogen-bond donors (Lipinski definition) is 2. The van der Waals surface area contributed by atoms with Gasteiger partial charge in [-0.25, -0.2) is 0 Å². The van der Waals surface area contributed by atoms with E-state index in [0.29, 0.717) is 6.04 Å². The Morgan fingerprint density at radius 1 is 1.21 bits per heavy atom. The van der Waals surface area contributed by atoms with Gasteiger partial charge >= 0.3 is 0 Å². The lowest BCUT2D eigenvalue weighted by Gasteiger charge is -2.33. The highest BCUT2D eigenvalue weighted by molar-refractivity contribution is 7.99. The summed E-state index contributed by atoms with van der Waals surface area (Å²) in [5.74, 6) is 9.80. The molecular weight excluding hydrogens is 196 g/mol. The molecule has 0 aromatic rings. The summed E-state index contributed by atoms with van der Waals surface area (Å²) in [7, 11) is 0. The van der Waals surface area contributed by atoms with Crippen LogP contribution >= 0.6 is 11.8 Å². The maximum absolute atomic E-state index is 5.68. The van der Waals surface area contributed by atoms with Gasteiger partial charge < -0.3 is 4.74 Å². The molecular formula is C10H20N2OS. The number of hydrazine groups is 1. The van der Waals surface area contributed by atoms with Gasteiger partial charge in [-0.2, -0.15) is 11.8 Å². The molecule has 14 heavy (non-hydrogen) atoms. The van der Waals surface area contributed by atoms with Gasteiger partial charge in [0, 0.05) is 19.3 Å². The third-order valence-corrected chi connectivity index (χ3v) is 4.63. The molecule has 2 unspecified atom stereocenters. The van der Waals surface area contributed by atoms with Crippen molar-refractivity contribution in [2.24, 2.45) is 17.7 Å². The number of thioether (sulfide) groups is 1. The third kappa shape index (κ3) is 2.42. The van der Waals surface area contributed by atoms with Crippen molar-refractivity contribution in [1.82, 2.24) is 5.43 Å². The minimum atomic E-state index is 0.522. The highest BCUT2D eigenvalue weighted by Gasteiger charge is 2.31. The van der Waals surface area contributed by atoms with Crippen LogP contribution in [0.5, 0.6) is 0 Å². The standard InChI is InChI=1S/C10H20N2OS/c11-12-10(9-3-6-14-7-9)8-1-4-13-5-2-8/h8-10,12H,1-7,11H2. The van der Waals surface area contributed by atoms with Crippen LogP contribution in [0.2, 0.25) is 0 Å². The lowest BCUT2D eigenvalue weighted by Crippen LogP contribution is -2.47. The van der Waals surface area contributed by atoms with Crippen molar-refractivity contribution >= 4 is 11.8 Å². The maximum Gasteiger partial charge on any atom is 0.0469 e. The molecule has 0 radical (unpaired) electrons. The van der Waals surface area contributed by atoms with Crippen molar-refractivity contribution in [1.29, 1.82) is 0 Å². The zero-order valence-electron chi connectivity index (χ0n) is 8.58. The SMILES string of the molecule is NNC(C1CCOCC1)C1CCSC1. The van der Waals surface area contributed by atoms with E-state index in [0.717, 1.165) is 25.0 Å². The lowest BCUT2D eigenvalue weighted by atomic mass is 9.83. The molecule has 82 valence electrons. The van der Waals surface area contributed by atoms with Gasteiger partial charge in [-0.3, -0.25) is 11.3 Å². The molecule has 2 heterocycles. The molecule has 2 aliphatic rings. The molecule has 2 aliphatic heterocycles. The fourth-order valence-corrected chi connectivity index (χ4v) is 3.88. The van der Waals surface area contributed by atoms with Crippen LogP contribution in [0, 0.1) is 11.8 Å². The molecule has 4 heteroatoms. The first-order valence-corrected chi connectivity index (χ1v) is 6.69. The number of nitrogens with one attached hydrogen (secondary N) is 1. The van der Waals surface area contributed by atoms with Crippen LogP contribution in [0.15, 0.2) is 0 Å². The molecule has 0 saturated carbocycles. The normalized spacial score (nSPS) is 31.9. The van der Waals surface area contributed by atoms with Crippen molar-refractivity contribution in [3.8, 4) is 0 Å². The Morgan fingerprint density at radius 2 is 2.00 bits per heavy atom. The Labute approximate surface area is 90.1 Å². The fourth-order valence-electron chi connectivity index (χ4n) is 2.57. The predicted molar refractivity (Wildman–Crippen MR) is 60.1 cm³/mol. The highest BCUT2D eigenvalue weighted by atomic mass is 32.2. The van der Waals surface area contributed by atoms with E-state index < -0.39 is 0 Å². The first-order chi connectivity index (χ1) is 6.92. The Balaban J connectivity index is 1.89. The van der Waals surface area contributed by atoms with Crippen LogP contribution in [-0.2, 0) is 4.74 Å². The van der Waals surface area contributed by atoms with Gasteiger partial charge in [0.05, 0.1) is 0 Å². The Kier molecular flexibility index (Phi) is 4.10. The quantitative estimate of drug-likeness (QED) is 0.546. The van der Waals surface area contributed by atoms with Crippen LogP contribution < -0.4 is 11.3 Å². The second kappa shape index (κ2) is 5.35. The molecule has 0 spiro atoms. The summed E-state index contributed by atoms with van der Waals surface area (Å²) in [6.07, 6.45) is 3.68. The molecule has 3 nitrogen and oxygen atoms in total. The molecule has 0 aromatic carbocycles. The molecule has 2 saturated heterocycles. The number of nitrogens with two attached hydrogens (primary N) is 1. The van der Waals surface area contributed by atoms with Gasteiger partial charge in [-0.15, -0.1) is 0 Å². The van der Waals surface area contributed by atoms with Crippen molar-refractivity contribution in [3.05, 3.63) is 0 Å². The van der Waals surface area contributed by atoms with E-state index in [2.05, 4.69) is 17.2 Å². The van der Waals surface area contributed by atoms with Gasteiger partial charge in [-0.1, -0.05) is 0 Å². The van der Waals surface area contributed by atoms with Crippen molar-refractivity contribution in [2.75, 3.05) is 24.7 Å². The van der Waals surface area contributed by atoms with Crippen molar-refractivity contribution in [2.45, 2.75) is 25.3 Å². The minimum absolute atomic E-state index is 0.522. The third-order valence-electron chi connectivity index (χ3n) is 3.44. The highest BCUT2D eigenvalue weighted by Crippen LogP contribution is 2.32. The minimum Gasteiger partial charge on any atom is -0.381 e. The van der Waals surface area contributed by atoms with E-state index >= 15 is 0 Å². The smallest absolute Gasteiger partial charge is 0.0469 e. The molecule has 0 aliphatic carbocycles. The van der Waals surface area contributed by atoms with Gasteiger partial charge in [-0.05, 0) is 42.6 Å². The first-order valence-electron chi connectivity index (χ1n) is 5.53. The van der Waals surface area contributed by atoms with E-state index in [9.17, 15) is 0 Å². The fraction of sp³-hybridized carbons (Fsp3) is 1.00. The number of ether oxygens (including phenoxy) is 1. The second-order valence-corrected chi connectivity index (χ2v) is 5.42. The summed E-state index contributed by atoms with van der Waals surface area (Å²) in [5.41, 5.74) is 3.04. The number of hydrogen-bond acceptors (Lipinski definition) is 4. The maximum atomic E-state index is 5.68. The number of rotatable bonds is 3. The molecule has 2 atom stereocenters. The van der Waals surface area contributed by atoms with E-state index in [1.807, 2.05) is 0 Å². The van der Waals surface area contributed by atoms with Crippen molar-refractivity contribution < 1.29 is 4.74 Å². The van der Waals surface area contributed by atoms with Gasteiger partial charge in [0.1, 0.15) is 0 Å². The second-order valence-electron chi connectivity index (χ2n) is 4.27. The van der Waals surface area contributed by atoms with E-state index in [4.69, 9.17) is 10.6 Å². The molecule has 2 fully saturated rings. The van der Waals surface area contributed by atoms with Gasteiger partial charge in [0.25, 0.3) is 0 Å². The van der Waals surface area contributed by atoms with Crippen LogP contribution in [0.1, 0.15) is 19.3 Å². The molecule has 2 rings (SSSR count). The van der Waals surface area contributed by atoms with Crippen LogP contribution in [0.25, 0.3) is 0 Å². The van der Waals surface area contributed by atoms with Gasteiger partial charge in [0.2, 0.25) is 0 Å². The Morgan fingerprint density at radius 3 is 2.57 bits per heavy atom. The average molecular weight is 216 g/mol. The van der Waals surface area contributed by atoms with E-state index in [1.54, 1.807) is 0 Å². The summed E-state index contributed by atoms with van der Waals surface area (Å²) in [4.78, 5) is 0. The topological polar surface area (TPSA) is 47.3 Å². The van der Waals surface area contributed by atoms with Gasteiger partial charge in [0.15, 0.2) is 0 Å². The Hall–Kier alpha value is 0.230. The molecule has 0 bridgehead atoms. The zero-order chi connectivity index (χ0) is 9.80. The summed E-state index contributed by atoms with van der Waals surface area (Å²) in [6, 6.07) is 0.522. The van der Waals surface area contributed by atoms with E-state index in [1.165, 1.54) is 30.8 Å². The summed E-state index contributed by atoms with van der Waals surface area (Å²) in [5, 5.41) is 0. The Bertz CT molecular complexity index is 168. The van der Waals surface area contributed by atoms with Crippen LogP contribution in [0.3, 0.4) is 0 Å². The molecule has 3 N–H and O–H groups in total. The first kappa shape index (κ1) is 10.7. The largest absolute Gasteiger partial charge is 0.381 e.